The molecule has 2 heterocycles. The molecule has 1 saturated carbocycles. The molecule has 3 aliphatic rings. The van der Waals surface area contributed by atoms with Gasteiger partial charge in [0.15, 0.2) is 11.4 Å². The third kappa shape index (κ3) is 2.73. The normalized spacial score (nSPS) is 18.7. The fourth-order valence-electron chi connectivity index (χ4n) is 5.93. The van der Waals surface area contributed by atoms with Crippen LogP contribution >= 0.6 is 0 Å². The van der Waals surface area contributed by atoms with Gasteiger partial charge in [-0.25, -0.2) is 0 Å². The number of hydrogen-bond acceptors (Lipinski definition) is 4. The number of amides is 1. The number of carbonyl (C=O) groups is 1. The summed E-state index contributed by atoms with van der Waals surface area (Å²) in [5.74, 6) is -0.770. The molecule has 6 heteroatoms. The lowest BCUT2D eigenvalue weighted by Crippen LogP contribution is -2.66. The number of benzene rings is 2. The Morgan fingerprint density at radius 2 is 1.48 bits per heavy atom. The van der Waals surface area contributed by atoms with Crippen LogP contribution in [-0.4, -0.2) is 32.3 Å². The van der Waals surface area contributed by atoms with Crippen LogP contribution in [0.5, 0.6) is 5.75 Å². The lowest BCUT2D eigenvalue weighted by molar-refractivity contribution is 0.0407. The molecule has 1 fully saturated rings. The standard InChI is InChI=1S/C27H27N3O3/c1-17(2)29-26(33)24-25(32)22(31)13-16-28(24)30(27(29)14-15-27)23-20-9-5-3-7-18(20)11-12-19-8-4-6-10-21(19)23/h3-10,13,16-17,23,32H,11-12,14-15H2,1-2H3. The molecule has 6 rings (SSSR count). The number of fused-ring (bicyclic) bond motifs is 3. The third-order valence-electron chi connectivity index (χ3n) is 7.40. The van der Waals surface area contributed by atoms with Crippen molar-refractivity contribution in [2.75, 3.05) is 5.01 Å². The number of aromatic hydroxyl groups is 1. The van der Waals surface area contributed by atoms with Gasteiger partial charge in [-0.15, -0.1) is 0 Å². The molecule has 0 atom stereocenters. The molecule has 6 nitrogen and oxygen atoms in total. The van der Waals surface area contributed by atoms with E-state index in [4.69, 9.17) is 0 Å². The van der Waals surface area contributed by atoms with E-state index in [1.54, 1.807) is 10.9 Å². The maximum absolute atomic E-state index is 13.7. The van der Waals surface area contributed by atoms with Crippen molar-refractivity contribution in [3.8, 4) is 5.75 Å². The Hall–Kier alpha value is -3.54. The lowest BCUT2D eigenvalue weighted by atomic mass is 9.93. The van der Waals surface area contributed by atoms with Crippen LogP contribution in [-0.2, 0) is 12.8 Å². The van der Waals surface area contributed by atoms with Crippen molar-refractivity contribution >= 4 is 5.91 Å². The van der Waals surface area contributed by atoms with E-state index >= 15 is 0 Å². The van der Waals surface area contributed by atoms with Gasteiger partial charge in [0.1, 0.15) is 5.66 Å². The summed E-state index contributed by atoms with van der Waals surface area (Å²) in [6.45, 7) is 4.00. The number of nitrogens with zero attached hydrogens (tertiary/aromatic N) is 3. The largest absolute Gasteiger partial charge is 0.502 e. The second-order valence-corrected chi connectivity index (χ2v) is 9.62. The summed E-state index contributed by atoms with van der Waals surface area (Å²) in [5.41, 5.74) is 3.99. The Morgan fingerprint density at radius 3 is 2.03 bits per heavy atom. The topological polar surface area (TPSA) is 65.8 Å². The second-order valence-electron chi connectivity index (χ2n) is 9.62. The molecule has 0 radical (unpaired) electrons. The van der Waals surface area contributed by atoms with Crippen molar-refractivity contribution in [3.63, 3.8) is 0 Å². The van der Waals surface area contributed by atoms with Crippen molar-refractivity contribution in [1.82, 2.24) is 9.58 Å². The number of hydrogen-bond donors (Lipinski definition) is 1. The summed E-state index contributed by atoms with van der Waals surface area (Å²) in [6, 6.07) is 18.1. The maximum Gasteiger partial charge on any atom is 0.278 e. The predicted molar refractivity (Wildman–Crippen MR) is 126 cm³/mol. The summed E-state index contributed by atoms with van der Waals surface area (Å²) in [4.78, 5) is 27.9. The van der Waals surface area contributed by atoms with Crippen molar-refractivity contribution < 1.29 is 9.90 Å². The zero-order valence-electron chi connectivity index (χ0n) is 18.9. The Labute approximate surface area is 192 Å². The Balaban J connectivity index is 1.69. The van der Waals surface area contributed by atoms with Gasteiger partial charge in [-0.3, -0.25) is 19.3 Å². The van der Waals surface area contributed by atoms with Crippen LogP contribution in [0.4, 0.5) is 0 Å². The van der Waals surface area contributed by atoms with Gasteiger partial charge in [0.05, 0.1) is 6.04 Å². The number of pyridine rings is 1. The number of rotatable bonds is 2. The summed E-state index contributed by atoms with van der Waals surface area (Å²) in [6.07, 6.45) is 5.22. The van der Waals surface area contributed by atoms with Gasteiger partial charge in [0.2, 0.25) is 5.43 Å². The van der Waals surface area contributed by atoms with Gasteiger partial charge >= 0.3 is 0 Å². The molecule has 1 N–H and O–H groups in total. The molecular weight excluding hydrogens is 414 g/mol. The lowest BCUT2D eigenvalue weighted by Gasteiger charge is -2.52. The first-order valence-electron chi connectivity index (χ1n) is 11.7. The van der Waals surface area contributed by atoms with Gasteiger partial charge in [0, 0.05) is 18.3 Å². The van der Waals surface area contributed by atoms with Gasteiger partial charge in [-0.1, -0.05) is 48.5 Å². The maximum atomic E-state index is 13.7. The molecule has 1 spiro atoms. The van der Waals surface area contributed by atoms with Gasteiger partial charge in [-0.05, 0) is 61.8 Å². The van der Waals surface area contributed by atoms with E-state index in [1.165, 1.54) is 28.3 Å². The minimum atomic E-state index is -0.535. The molecule has 1 aliphatic heterocycles. The molecule has 1 aromatic heterocycles. The first-order valence-corrected chi connectivity index (χ1v) is 11.7. The summed E-state index contributed by atoms with van der Waals surface area (Å²) in [5, 5.41) is 13.0. The van der Waals surface area contributed by atoms with Crippen LogP contribution in [0, 0.1) is 0 Å². The van der Waals surface area contributed by atoms with Crippen molar-refractivity contribution in [3.05, 3.63) is 99.0 Å². The Bertz CT molecular complexity index is 1290. The molecule has 33 heavy (non-hydrogen) atoms. The van der Waals surface area contributed by atoms with Gasteiger partial charge < -0.3 is 10.0 Å². The van der Waals surface area contributed by atoms with Crippen LogP contribution in [0.3, 0.4) is 0 Å². The molecule has 2 aliphatic carbocycles. The second kappa shape index (κ2) is 6.98. The van der Waals surface area contributed by atoms with Crippen LogP contribution in [0.15, 0.2) is 65.6 Å². The average molecular weight is 442 g/mol. The van der Waals surface area contributed by atoms with Crippen LogP contribution < -0.4 is 10.4 Å². The Morgan fingerprint density at radius 1 is 0.909 bits per heavy atom. The summed E-state index contributed by atoms with van der Waals surface area (Å²) in [7, 11) is 0. The van der Waals surface area contributed by atoms with E-state index in [1.807, 2.05) is 18.7 Å². The monoisotopic (exact) mass is 441 g/mol. The molecule has 0 unspecified atom stereocenters. The zero-order chi connectivity index (χ0) is 22.9. The predicted octanol–water partition coefficient (Wildman–Crippen LogP) is 3.73. The number of aryl methyl sites for hydroxylation is 2. The van der Waals surface area contributed by atoms with E-state index < -0.39 is 16.8 Å². The summed E-state index contributed by atoms with van der Waals surface area (Å²) < 4.78 is 1.76. The number of aromatic nitrogens is 1. The minimum absolute atomic E-state index is 0.0490. The van der Waals surface area contributed by atoms with E-state index in [0.29, 0.717) is 0 Å². The first-order chi connectivity index (χ1) is 15.9. The first kappa shape index (κ1) is 20.1. The Kier molecular flexibility index (Phi) is 4.25. The average Bonchev–Trinajstić information content (AvgIpc) is 3.60. The SMILES string of the molecule is CC(C)N1C(=O)c2c(O)c(=O)ccn2N(C2c3ccccc3CCc3ccccc32)C12CC2. The fourth-order valence-corrected chi connectivity index (χ4v) is 5.93. The fraction of sp³-hybridized carbons (Fsp3) is 0.333. The van der Waals surface area contributed by atoms with E-state index in [2.05, 4.69) is 53.5 Å². The minimum Gasteiger partial charge on any atom is -0.502 e. The quantitative estimate of drug-likeness (QED) is 0.658. The molecule has 3 aromatic rings. The molecule has 1 amide bonds. The van der Waals surface area contributed by atoms with Crippen molar-refractivity contribution in [2.24, 2.45) is 0 Å². The van der Waals surface area contributed by atoms with Crippen molar-refractivity contribution in [2.45, 2.75) is 57.3 Å². The van der Waals surface area contributed by atoms with Crippen LogP contribution in [0.2, 0.25) is 0 Å². The molecule has 168 valence electrons. The highest BCUT2D eigenvalue weighted by Gasteiger charge is 2.62. The molecule has 0 bridgehead atoms. The van der Waals surface area contributed by atoms with E-state index in [0.717, 1.165) is 25.7 Å². The summed E-state index contributed by atoms with van der Waals surface area (Å²) >= 11 is 0. The molecule has 2 aromatic carbocycles. The van der Waals surface area contributed by atoms with Gasteiger partial charge in [-0.2, -0.15) is 0 Å². The highest BCUT2D eigenvalue weighted by molar-refractivity contribution is 5.97. The van der Waals surface area contributed by atoms with Crippen LogP contribution in [0.1, 0.15) is 65.5 Å². The molecule has 0 saturated heterocycles. The highest BCUT2D eigenvalue weighted by Crippen LogP contribution is 2.53. The van der Waals surface area contributed by atoms with E-state index in [-0.39, 0.29) is 23.7 Å². The van der Waals surface area contributed by atoms with Gasteiger partial charge in [0.25, 0.3) is 5.91 Å². The van der Waals surface area contributed by atoms with Crippen molar-refractivity contribution in [1.29, 1.82) is 0 Å². The zero-order valence-corrected chi connectivity index (χ0v) is 18.9. The number of carbonyl (C=O) groups excluding carboxylic acids is 1. The third-order valence-corrected chi connectivity index (χ3v) is 7.40. The van der Waals surface area contributed by atoms with E-state index in [9.17, 15) is 14.7 Å². The highest BCUT2D eigenvalue weighted by atomic mass is 16.3. The van der Waals surface area contributed by atoms with Crippen LogP contribution in [0.25, 0.3) is 0 Å². The molecular formula is C27H27N3O3. The smallest absolute Gasteiger partial charge is 0.278 e.